The van der Waals surface area contributed by atoms with E-state index >= 15 is 0 Å². The van der Waals surface area contributed by atoms with Crippen molar-refractivity contribution in [2.24, 2.45) is 10.8 Å². The Morgan fingerprint density at radius 3 is 2.63 bits per heavy atom. The van der Waals surface area contributed by atoms with Crippen molar-refractivity contribution in [3.63, 3.8) is 0 Å². The minimum atomic E-state index is -0.246. The summed E-state index contributed by atoms with van der Waals surface area (Å²) in [7, 11) is 0. The average Bonchev–Trinajstić information content (AvgIpc) is 3.59. The molecule has 7 rings (SSSR count). The molecule has 0 radical (unpaired) electrons. The van der Waals surface area contributed by atoms with Crippen LogP contribution in [0, 0.1) is 10.8 Å². The monoisotopic (exact) mass is 537 g/mol. The lowest BCUT2D eigenvalue weighted by Crippen LogP contribution is -2.59. The number of thiazole rings is 1. The highest BCUT2D eigenvalue weighted by atomic mass is 32.1. The minimum Gasteiger partial charge on any atom is -0.344 e. The highest BCUT2D eigenvalue weighted by Gasteiger charge is 2.57. The van der Waals surface area contributed by atoms with Gasteiger partial charge in [0.15, 0.2) is 5.82 Å². The van der Waals surface area contributed by atoms with E-state index in [0.717, 1.165) is 17.5 Å². The van der Waals surface area contributed by atoms with Crippen LogP contribution in [0.4, 0.5) is 0 Å². The molecule has 4 fully saturated rings. The predicted molar refractivity (Wildman–Crippen MR) is 141 cm³/mol. The number of hydrogen-bond donors (Lipinski definition) is 0. The Morgan fingerprint density at radius 1 is 1.21 bits per heavy atom. The molecule has 2 amide bonds. The summed E-state index contributed by atoms with van der Waals surface area (Å²) in [5.74, 6) is 1.53. The van der Waals surface area contributed by atoms with Crippen molar-refractivity contribution in [1.29, 1.82) is 0 Å². The minimum absolute atomic E-state index is 0.0383. The molecule has 2 aliphatic carbocycles. The number of rotatable bonds is 6. The third-order valence-electron chi connectivity index (χ3n) is 8.54. The van der Waals surface area contributed by atoms with Gasteiger partial charge in [-0.1, -0.05) is 31.8 Å². The van der Waals surface area contributed by atoms with E-state index in [1.54, 1.807) is 16.6 Å². The number of hydrogen-bond acceptors (Lipinski definition) is 8. The Hall–Kier alpha value is -3.08. The topological polar surface area (TPSA) is 110 Å². The lowest BCUT2D eigenvalue weighted by molar-refractivity contribution is -0.129. The van der Waals surface area contributed by atoms with Crippen LogP contribution in [0.15, 0.2) is 28.5 Å². The molecule has 38 heavy (non-hydrogen) atoms. The molecule has 0 aromatic carbocycles. The largest absolute Gasteiger partial charge is 0.344 e. The van der Waals surface area contributed by atoms with Crippen molar-refractivity contribution in [3.8, 4) is 0 Å². The van der Waals surface area contributed by atoms with Crippen LogP contribution in [-0.4, -0.2) is 73.2 Å². The van der Waals surface area contributed by atoms with Crippen LogP contribution in [0.25, 0.3) is 0 Å². The van der Waals surface area contributed by atoms with Gasteiger partial charge in [-0.3, -0.25) is 19.3 Å². The number of aromatic nitrogens is 5. The summed E-state index contributed by atoms with van der Waals surface area (Å²) < 4.78 is 7.44. The lowest BCUT2D eigenvalue weighted by Gasteiger charge is -2.48. The fourth-order valence-electron chi connectivity index (χ4n) is 5.88. The van der Waals surface area contributed by atoms with Crippen LogP contribution in [0.2, 0.25) is 0 Å². The van der Waals surface area contributed by atoms with Gasteiger partial charge in [-0.15, -0.1) is 11.3 Å². The normalized spacial score (nSPS) is 23.3. The van der Waals surface area contributed by atoms with Gasteiger partial charge in [0.05, 0.1) is 23.3 Å². The number of carbonyl (C=O) groups is 2. The van der Waals surface area contributed by atoms with E-state index in [1.165, 1.54) is 49.9 Å². The van der Waals surface area contributed by atoms with E-state index in [2.05, 4.69) is 35.0 Å². The molecule has 1 atom stereocenters. The summed E-state index contributed by atoms with van der Waals surface area (Å²) >= 11 is 1.33. The van der Waals surface area contributed by atoms with Gasteiger partial charge in [-0.2, -0.15) is 10.1 Å². The molecule has 4 aliphatic rings. The van der Waals surface area contributed by atoms with Gasteiger partial charge in [0.25, 0.3) is 5.91 Å². The average molecular weight is 538 g/mol. The Balaban J connectivity index is 0.000000476. The van der Waals surface area contributed by atoms with Gasteiger partial charge in [-0.25, -0.2) is 0 Å². The van der Waals surface area contributed by atoms with Crippen LogP contribution >= 0.6 is 11.3 Å². The van der Waals surface area contributed by atoms with E-state index in [9.17, 15) is 9.59 Å². The van der Waals surface area contributed by atoms with Gasteiger partial charge < -0.3 is 14.3 Å². The molecule has 0 bridgehead atoms. The first kappa shape index (κ1) is 25.2. The molecule has 5 heterocycles. The summed E-state index contributed by atoms with van der Waals surface area (Å²) in [6.07, 6.45) is 12.3. The van der Waals surface area contributed by atoms with Crippen molar-refractivity contribution in [1.82, 2.24) is 34.7 Å². The molecule has 3 aromatic heterocycles. The molecule has 1 unspecified atom stereocenters. The van der Waals surface area contributed by atoms with E-state index < -0.39 is 0 Å². The van der Waals surface area contributed by atoms with E-state index in [4.69, 9.17) is 9.62 Å². The molecule has 1 spiro atoms. The molecule has 10 nitrogen and oxygen atoms in total. The number of carbonyl (C=O) groups excluding carboxylic acids is 2. The highest BCUT2D eigenvalue weighted by Crippen LogP contribution is 2.48. The molecule has 202 valence electrons. The highest BCUT2D eigenvalue weighted by molar-refractivity contribution is 7.11. The maximum Gasteiger partial charge on any atom is 0.265 e. The summed E-state index contributed by atoms with van der Waals surface area (Å²) in [6, 6.07) is 2.09. The Labute approximate surface area is 226 Å². The summed E-state index contributed by atoms with van der Waals surface area (Å²) in [4.78, 5) is 37.1. The molecule has 2 saturated heterocycles. The smallest absolute Gasteiger partial charge is 0.265 e. The molecule has 0 N–H and O–H groups in total. The van der Waals surface area contributed by atoms with Gasteiger partial charge in [0, 0.05) is 43.7 Å². The van der Waals surface area contributed by atoms with E-state index in [-0.39, 0.29) is 17.2 Å². The van der Waals surface area contributed by atoms with Crippen LogP contribution in [0.5, 0.6) is 0 Å². The van der Waals surface area contributed by atoms with Crippen molar-refractivity contribution in [2.45, 2.75) is 70.8 Å². The second kappa shape index (κ2) is 9.91. The number of amides is 2. The van der Waals surface area contributed by atoms with Gasteiger partial charge >= 0.3 is 0 Å². The zero-order chi connectivity index (χ0) is 26.3. The third-order valence-corrected chi connectivity index (χ3v) is 9.30. The van der Waals surface area contributed by atoms with Crippen LogP contribution in [0.3, 0.4) is 0 Å². The van der Waals surface area contributed by atoms with Crippen molar-refractivity contribution in [2.75, 3.05) is 26.2 Å². The third kappa shape index (κ3) is 5.12. The second-order valence-corrected chi connectivity index (χ2v) is 13.0. The molecule has 11 heteroatoms. The quantitative estimate of drug-likeness (QED) is 0.438. The van der Waals surface area contributed by atoms with Crippen molar-refractivity contribution < 1.29 is 14.1 Å². The first-order chi connectivity index (χ1) is 18.3. The maximum atomic E-state index is 13.0. The van der Waals surface area contributed by atoms with Crippen LogP contribution in [-0.2, 0) is 11.3 Å². The zero-order valence-electron chi connectivity index (χ0n) is 22.1. The molecule has 3 aromatic rings. The zero-order valence-corrected chi connectivity index (χ0v) is 22.9. The molecular weight excluding hydrogens is 502 g/mol. The first-order valence-electron chi connectivity index (χ1n) is 13.6. The maximum absolute atomic E-state index is 13.0. The van der Waals surface area contributed by atoms with E-state index in [0.29, 0.717) is 55.2 Å². The fourth-order valence-corrected chi connectivity index (χ4v) is 6.47. The van der Waals surface area contributed by atoms with Crippen molar-refractivity contribution in [3.05, 3.63) is 46.3 Å². The van der Waals surface area contributed by atoms with E-state index in [1.807, 2.05) is 15.8 Å². The standard InChI is InChI=1S/C22H25N7O3S.C5H10/c30-14-27-10-22(11-27)12-28(21(31)18-7-23-13-33-18)8-16(22)20-24-19(32-26-20)9-29-6-5-17(25-29)15-3-1-2-4-15;1-5(2)3-4-5/h5-7,13-16H,1-4,8-12H2;3-4H2,1-2H3. The predicted octanol–water partition coefficient (Wildman–Crippen LogP) is 3.93. The molecule has 2 saturated carbocycles. The van der Waals surface area contributed by atoms with Gasteiger partial charge in [0.1, 0.15) is 11.4 Å². The molecule has 2 aliphatic heterocycles. The number of likely N-dealkylation sites (tertiary alicyclic amines) is 2. The summed E-state index contributed by atoms with van der Waals surface area (Å²) in [6.45, 7) is 7.24. The Bertz CT molecular complexity index is 1270. The lowest BCUT2D eigenvalue weighted by atomic mass is 9.71. The van der Waals surface area contributed by atoms with Gasteiger partial charge in [-0.05, 0) is 37.2 Å². The number of nitrogens with zero attached hydrogens (tertiary/aromatic N) is 7. The fraction of sp³-hybridized carbons (Fsp3) is 0.630. The van der Waals surface area contributed by atoms with Gasteiger partial charge in [0.2, 0.25) is 12.3 Å². The molecular formula is C27H35N7O3S. The second-order valence-electron chi connectivity index (χ2n) is 12.1. The Morgan fingerprint density at radius 2 is 1.97 bits per heavy atom. The first-order valence-corrected chi connectivity index (χ1v) is 14.5. The van der Waals surface area contributed by atoms with Crippen molar-refractivity contribution >= 4 is 23.7 Å². The van der Waals surface area contributed by atoms with Crippen LogP contribution < -0.4 is 0 Å². The van der Waals surface area contributed by atoms with Crippen LogP contribution in [0.1, 0.15) is 91.3 Å². The SMILES string of the molecule is CC1(C)CC1.O=CN1CC2(C1)CN(C(=O)c1cncs1)CC2c1noc(Cn2ccc(C3CCCC3)n2)n1. The summed E-state index contributed by atoms with van der Waals surface area (Å²) in [5, 5.41) is 9.00. The summed E-state index contributed by atoms with van der Waals surface area (Å²) in [5.41, 5.74) is 3.30. The Kier molecular flexibility index (Phi) is 6.57.